The second-order valence-corrected chi connectivity index (χ2v) is 9.85. The fraction of sp³-hybridized carbons (Fsp3) is 0.250. The number of nitrogens with one attached hydrogen (secondary N) is 3. The summed E-state index contributed by atoms with van der Waals surface area (Å²) in [6.45, 7) is 8.15. The van der Waals surface area contributed by atoms with Crippen molar-refractivity contribution in [1.82, 2.24) is 20.1 Å². The molecule has 0 spiro atoms. The summed E-state index contributed by atoms with van der Waals surface area (Å²) >= 11 is 0. The van der Waals surface area contributed by atoms with E-state index in [2.05, 4.69) is 53.8 Å². The second-order valence-electron chi connectivity index (χ2n) is 9.85. The van der Waals surface area contributed by atoms with Gasteiger partial charge in [-0.3, -0.25) is 10.3 Å². The lowest BCUT2D eigenvalue weighted by atomic mass is 9.92. The maximum absolute atomic E-state index is 13.0. The van der Waals surface area contributed by atoms with Gasteiger partial charge >= 0.3 is 6.03 Å². The quantitative estimate of drug-likeness (QED) is 0.342. The van der Waals surface area contributed by atoms with E-state index < -0.39 is 0 Å². The third-order valence-corrected chi connectivity index (χ3v) is 6.00. The predicted molar refractivity (Wildman–Crippen MR) is 141 cm³/mol. The summed E-state index contributed by atoms with van der Waals surface area (Å²) in [4.78, 5) is 17.1. The summed E-state index contributed by atoms with van der Waals surface area (Å²) in [6.07, 6.45) is 4.29. The average molecular weight is 483 g/mol. The minimum atomic E-state index is -0.364. The first-order valence-electron chi connectivity index (χ1n) is 12.0. The standard InChI is InChI=1S/C28H30N6O2/c1-28(2,3)25-16-26(34(33-25)22-10-9-20-17-30-13-11-19(20)14-22)32-27(35)31-21-6-4-7-23(15-21)36-24-8-5-12-29-18-24/h4-10,12,14-16,18,30H,11,13,17H2,1-3H3,(H2,31,32,35). The Labute approximate surface area is 210 Å². The van der Waals surface area contributed by atoms with Crippen LogP contribution in [0.4, 0.5) is 16.3 Å². The zero-order valence-electron chi connectivity index (χ0n) is 20.7. The number of hydrogen-bond acceptors (Lipinski definition) is 5. The SMILES string of the molecule is CC(C)(C)c1cc(NC(=O)Nc2cccc(Oc3cccnc3)c2)n(-c2ccc3c(c2)CCNC3)n1. The van der Waals surface area contributed by atoms with Crippen molar-refractivity contribution < 1.29 is 9.53 Å². The van der Waals surface area contributed by atoms with Crippen LogP contribution in [0.25, 0.3) is 5.69 Å². The normalized spacial score (nSPS) is 13.1. The van der Waals surface area contributed by atoms with Crippen molar-refractivity contribution in [3.63, 3.8) is 0 Å². The summed E-state index contributed by atoms with van der Waals surface area (Å²) in [7, 11) is 0. The molecule has 3 N–H and O–H groups in total. The maximum Gasteiger partial charge on any atom is 0.324 e. The molecule has 0 atom stereocenters. The minimum absolute atomic E-state index is 0.172. The van der Waals surface area contributed by atoms with E-state index in [-0.39, 0.29) is 11.4 Å². The first-order valence-corrected chi connectivity index (χ1v) is 12.0. The highest BCUT2D eigenvalue weighted by Crippen LogP contribution is 2.28. The summed E-state index contributed by atoms with van der Waals surface area (Å²) < 4.78 is 7.64. The first kappa shape index (κ1) is 23.6. The number of anilines is 2. The van der Waals surface area contributed by atoms with E-state index in [1.807, 2.05) is 41.1 Å². The largest absolute Gasteiger partial charge is 0.456 e. The molecule has 8 heteroatoms. The molecule has 2 aromatic carbocycles. The molecule has 3 heterocycles. The number of aromatic nitrogens is 3. The summed E-state index contributed by atoms with van der Waals surface area (Å²) in [6, 6.07) is 18.8. The molecule has 0 bridgehead atoms. The molecule has 0 fully saturated rings. The van der Waals surface area contributed by atoms with E-state index in [0.717, 1.165) is 30.9 Å². The van der Waals surface area contributed by atoms with Crippen molar-refractivity contribution in [3.05, 3.63) is 89.9 Å². The number of nitrogens with zero attached hydrogens (tertiary/aromatic N) is 3. The number of ether oxygens (including phenoxy) is 1. The van der Waals surface area contributed by atoms with Gasteiger partial charge in [0.25, 0.3) is 0 Å². The van der Waals surface area contributed by atoms with Gasteiger partial charge in [-0.2, -0.15) is 5.10 Å². The Kier molecular flexibility index (Phi) is 6.43. The van der Waals surface area contributed by atoms with Crippen LogP contribution in [0.5, 0.6) is 11.5 Å². The fourth-order valence-electron chi connectivity index (χ4n) is 4.09. The molecule has 0 aliphatic carbocycles. The smallest absolute Gasteiger partial charge is 0.324 e. The van der Waals surface area contributed by atoms with E-state index in [1.165, 1.54) is 11.1 Å². The first-order chi connectivity index (χ1) is 17.3. The highest BCUT2D eigenvalue weighted by Gasteiger charge is 2.22. The molecule has 0 unspecified atom stereocenters. The van der Waals surface area contributed by atoms with Crippen LogP contribution in [-0.4, -0.2) is 27.3 Å². The highest BCUT2D eigenvalue weighted by molar-refractivity contribution is 5.99. The molecule has 184 valence electrons. The van der Waals surface area contributed by atoms with Crippen molar-refractivity contribution in [3.8, 4) is 17.2 Å². The Balaban J connectivity index is 1.37. The topological polar surface area (TPSA) is 93.1 Å². The fourth-order valence-corrected chi connectivity index (χ4v) is 4.09. The van der Waals surface area contributed by atoms with Gasteiger partial charge in [0.2, 0.25) is 0 Å². The predicted octanol–water partition coefficient (Wildman–Crippen LogP) is 5.65. The van der Waals surface area contributed by atoms with Gasteiger partial charge < -0.3 is 15.4 Å². The van der Waals surface area contributed by atoms with Crippen LogP contribution in [0.1, 0.15) is 37.6 Å². The van der Waals surface area contributed by atoms with Gasteiger partial charge in [0.05, 0.1) is 17.6 Å². The Bertz CT molecular complexity index is 1370. The van der Waals surface area contributed by atoms with E-state index in [9.17, 15) is 4.79 Å². The van der Waals surface area contributed by atoms with Crippen molar-refractivity contribution in [2.45, 2.75) is 39.2 Å². The van der Waals surface area contributed by atoms with Crippen molar-refractivity contribution in [1.29, 1.82) is 0 Å². The molecule has 0 radical (unpaired) electrons. The zero-order chi connectivity index (χ0) is 25.1. The number of hydrogen-bond donors (Lipinski definition) is 3. The van der Waals surface area contributed by atoms with E-state index in [0.29, 0.717) is 23.0 Å². The molecule has 2 amide bonds. The van der Waals surface area contributed by atoms with Crippen molar-refractivity contribution in [2.75, 3.05) is 17.2 Å². The number of amides is 2. The number of benzene rings is 2. The maximum atomic E-state index is 13.0. The van der Waals surface area contributed by atoms with E-state index in [4.69, 9.17) is 9.84 Å². The summed E-state index contributed by atoms with van der Waals surface area (Å²) in [5, 5.41) is 14.1. The molecular weight excluding hydrogens is 452 g/mol. The third kappa shape index (κ3) is 5.39. The zero-order valence-corrected chi connectivity index (χ0v) is 20.7. The van der Waals surface area contributed by atoms with Gasteiger partial charge in [-0.25, -0.2) is 9.48 Å². The van der Waals surface area contributed by atoms with Gasteiger partial charge in [-0.05, 0) is 60.5 Å². The number of urea groups is 1. The number of pyridine rings is 1. The van der Waals surface area contributed by atoms with Crippen LogP contribution in [0.2, 0.25) is 0 Å². The summed E-state index contributed by atoms with van der Waals surface area (Å²) in [5.74, 6) is 1.83. The Morgan fingerprint density at radius 1 is 1.00 bits per heavy atom. The Morgan fingerprint density at radius 3 is 2.67 bits per heavy atom. The lowest BCUT2D eigenvalue weighted by molar-refractivity contribution is 0.262. The molecule has 2 aromatic heterocycles. The number of carbonyl (C=O) groups is 1. The molecule has 0 saturated carbocycles. The molecule has 8 nitrogen and oxygen atoms in total. The van der Waals surface area contributed by atoms with Crippen LogP contribution >= 0.6 is 0 Å². The molecule has 36 heavy (non-hydrogen) atoms. The van der Waals surface area contributed by atoms with Crippen molar-refractivity contribution in [2.24, 2.45) is 0 Å². The monoisotopic (exact) mass is 482 g/mol. The number of rotatable bonds is 5. The van der Waals surface area contributed by atoms with Crippen LogP contribution in [0.3, 0.4) is 0 Å². The van der Waals surface area contributed by atoms with Gasteiger partial charge in [-0.15, -0.1) is 0 Å². The van der Waals surface area contributed by atoms with Gasteiger partial charge in [0, 0.05) is 36.0 Å². The molecule has 1 aliphatic heterocycles. The summed E-state index contributed by atoms with van der Waals surface area (Å²) in [5.41, 5.74) is 4.86. The van der Waals surface area contributed by atoms with Gasteiger partial charge in [0.15, 0.2) is 0 Å². The molecule has 5 rings (SSSR count). The Morgan fingerprint density at radius 2 is 1.86 bits per heavy atom. The molecular formula is C28H30N6O2. The van der Waals surface area contributed by atoms with Crippen molar-refractivity contribution >= 4 is 17.5 Å². The molecule has 0 saturated heterocycles. The second kappa shape index (κ2) is 9.83. The lowest BCUT2D eigenvalue weighted by Crippen LogP contribution is -2.24. The van der Waals surface area contributed by atoms with Gasteiger partial charge in [0.1, 0.15) is 17.3 Å². The van der Waals surface area contributed by atoms with Crippen LogP contribution in [0, 0.1) is 0 Å². The van der Waals surface area contributed by atoms with Crippen LogP contribution in [0.15, 0.2) is 73.1 Å². The molecule has 4 aromatic rings. The number of carbonyl (C=O) groups excluding carboxylic acids is 1. The minimum Gasteiger partial charge on any atom is -0.456 e. The average Bonchev–Trinajstić information content (AvgIpc) is 3.29. The Hall–Kier alpha value is -4.17. The highest BCUT2D eigenvalue weighted by atomic mass is 16.5. The lowest BCUT2D eigenvalue weighted by Gasteiger charge is -2.18. The van der Waals surface area contributed by atoms with Gasteiger partial charge in [-0.1, -0.05) is 32.9 Å². The van der Waals surface area contributed by atoms with Crippen LogP contribution < -0.4 is 20.7 Å². The third-order valence-electron chi connectivity index (χ3n) is 6.00. The van der Waals surface area contributed by atoms with E-state index in [1.54, 1.807) is 24.5 Å². The van der Waals surface area contributed by atoms with E-state index >= 15 is 0 Å². The van der Waals surface area contributed by atoms with Crippen LogP contribution in [-0.2, 0) is 18.4 Å². The molecule has 1 aliphatic rings. The number of fused-ring (bicyclic) bond motifs is 1.